The molecule has 1 aromatic heterocycles. The van der Waals surface area contributed by atoms with E-state index in [1.165, 1.54) is 34.9 Å². The van der Waals surface area contributed by atoms with Gasteiger partial charge >= 0.3 is 0 Å². The van der Waals surface area contributed by atoms with Crippen molar-refractivity contribution in [2.24, 2.45) is 5.92 Å². The Morgan fingerprint density at radius 1 is 1.13 bits per heavy atom. The van der Waals surface area contributed by atoms with E-state index < -0.39 is 0 Å². The van der Waals surface area contributed by atoms with E-state index in [-0.39, 0.29) is 34.2 Å². The lowest BCUT2D eigenvalue weighted by Crippen LogP contribution is -2.39. The van der Waals surface area contributed by atoms with Crippen molar-refractivity contribution < 1.29 is 14.3 Å². The van der Waals surface area contributed by atoms with Crippen LogP contribution in [0.15, 0.2) is 47.3 Å². The summed E-state index contributed by atoms with van der Waals surface area (Å²) in [4.78, 5) is 30.6. The number of piperidine rings is 1. The Morgan fingerprint density at radius 2 is 1.83 bits per heavy atom. The first kappa shape index (κ1) is 20.4. The summed E-state index contributed by atoms with van der Waals surface area (Å²) in [5.74, 6) is -0.442. The highest BCUT2D eigenvalue weighted by Crippen LogP contribution is 2.22. The number of H-pyrrole nitrogens is 1. The number of nitrogens with one attached hydrogen (secondary N) is 1. The lowest BCUT2D eigenvalue weighted by molar-refractivity contribution is 0.0837. The molecule has 0 aliphatic carbocycles. The average Bonchev–Trinajstić information content (AvgIpc) is 2.74. The summed E-state index contributed by atoms with van der Waals surface area (Å²) in [6, 6.07) is 10.5. The number of ketones is 1. The Kier molecular flexibility index (Phi) is 5.78. The van der Waals surface area contributed by atoms with Gasteiger partial charge in [0.2, 0.25) is 0 Å². The number of aromatic hydroxyl groups is 1. The minimum Gasteiger partial charge on any atom is -0.507 e. The summed E-state index contributed by atoms with van der Waals surface area (Å²) >= 11 is 5.33. The van der Waals surface area contributed by atoms with Gasteiger partial charge in [0.15, 0.2) is 10.6 Å². The second-order valence-electron chi connectivity index (χ2n) is 7.57. The summed E-state index contributed by atoms with van der Waals surface area (Å²) in [6.07, 6.45) is 1.44. The number of hydrogen-bond acceptors (Lipinski definition) is 5. The Hall–Kier alpha value is -2.84. The Labute approximate surface area is 177 Å². The molecule has 1 saturated heterocycles. The number of likely N-dealkylation sites (tertiary alicyclic amines) is 1. The van der Waals surface area contributed by atoms with Crippen molar-refractivity contribution in [2.75, 3.05) is 19.6 Å². The molecule has 0 radical (unpaired) electrons. The molecule has 4 rings (SSSR count). The molecule has 0 spiro atoms. The molecular formula is C22H22FN3O3S. The number of rotatable bonds is 5. The second kappa shape index (κ2) is 8.49. The highest BCUT2D eigenvalue weighted by molar-refractivity contribution is 7.71. The third-order valence-corrected chi connectivity index (χ3v) is 6.04. The number of hydrogen-bond donors (Lipinski definition) is 2. The van der Waals surface area contributed by atoms with Gasteiger partial charge in [-0.2, -0.15) is 0 Å². The van der Waals surface area contributed by atoms with Crippen LogP contribution in [0.4, 0.5) is 4.39 Å². The van der Waals surface area contributed by atoms with Crippen LogP contribution in [0.5, 0.6) is 5.75 Å². The van der Waals surface area contributed by atoms with Gasteiger partial charge in [0.1, 0.15) is 17.0 Å². The van der Waals surface area contributed by atoms with Crippen LogP contribution in [0.1, 0.15) is 23.2 Å². The molecule has 2 heterocycles. The van der Waals surface area contributed by atoms with Gasteiger partial charge in [-0.1, -0.05) is 6.07 Å². The fourth-order valence-corrected chi connectivity index (χ4v) is 4.28. The number of benzene rings is 2. The number of phenols is 1. The number of phenolic OH excluding ortho intramolecular Hbond substituents is 1. The fraction of sp³-hybridized carbons (Fsp3) is 0.318. The van der Waals surface area contributed by atoms with Crippen molar-refractivity contribution in [3.63, 3.8) is 0 Å². The summed E-state index contributed by atoms with van der Waals surface area (Å²) in [5.41, 5.74) is 0.748. The van der Waals surface area contributed by atoms with Crippen LogP contribution in [-0.4, -0.2) is 45.0 Å². The molecule has 1 aliphatic rings. The fourth-order valence-electron chi connectivity index (χ4n) is 3.99. The van der Waals surface area contributed by atoms with Gasteiger partial charge < -0.3 is 15.0 Å². The summed E-state index contributed by atoms with van der Waals surface area (Å²) in [7, 11) is 0. The number of aromatic amines is 1. The third kappa shape index (κ3) is 4.06. The zero-order valence-electron chi connectivity index (χ0n) is 16.3. The molecule has 0 amide bonds. The van der Waals surface area contributed by atoms with Crippen LogP contribution in [-0.2, 0) is 6.54 Å². The van der Waals surface area contributed by atoms with Gasteiger partial charge in [-0.25, -0.2) is 4.39 Å². The molecule has 6 nitrogen and oxygen atoms in total. The van der Waals surface area contributed by atoms with E-state index in [9.17, 15) is 19.1 Å². The minimum atomic E-state index is -0.350. The van der Waals surface area contributed by atoms with Gasteiger partial charge in [0, 0.05) is 24.6 Å². The molecule has 0 atom stereocenters. The van der Waals surface area contributed by atoms with Gasteiger partial charge in [0.05, 0.1) is 5.52 Å². The standard InChI is InChI=1S/C22H22FN3O3S/c23-16-6-4-14(5-7-16)20(28)15-8-10-25(11-9-15)12-13-26-21(29)19-17(24-22(26)30)2-1-3-18(19)27/h1-7,15,27H,8-13H2,(H,24,30). The van der Waals surface area contributed by atoms with Crippen molar-refractivity contribution in [1.82, 2.24) is 14.5 Å². The first-order valence-electron chi connectivity index (χ1n) is 9.91. The molecule has 0 saturated carbocycles. The topological polar surface area (TPSA) is 78.3 Å². The molecule has 1 aliphatic heterocycles. The smallest absolute Gasteiger partial charge is 0.265 e. The SMILES string of the molecule is O=C(c1ccc(F)cc1)C1CCN(CCn2c(=S)[nH]c3cccc(O)c3c2=O)CC1. The lowest BCUT2D eigenvalue weighted by Gasteiger charge is -2.31. The summed E-state index contributed by atoms with van der Waals surface area (Å²) in [5, 5.41) is 10.3. The van der Waals surface area contributed by atoms with Crippen molar-refractivity contribution in [2.45, 2.75) is 19.4 Å². The average molecular weight is 428 g/mol. The van der Waals surface area contributed by atoms with E-state index in [2.05, 4.69) is 9.88 Å². The normalized spacial score (nSPS) is 15.5. The molecular weight excluding hydrogens is 405 g/mol. The number of nitrogens with zero attached hydrogens (tertiary/aromatic N) is 2. The number of fused-ring (bicyclic) bond motifs is 1. The predicted molar refractivity (Wildman–Crippen MR) is 115 cm³/mol. The van der Waals surface area contributed by atoms with Crippen molar-refractivity contribution in [1.29, 1.82) is 0 Å². The first-order chi connectivity index (χ1) is 14.4. The van der Waals surface area contributed by atoms with Crippen LogP contribution in [0.3, 0.4) is 0 Å². The van der Waals surface area contributed by atoms with Crippen LogP contribution in [0.2, 0.25) is 0 Å². The summed E-state index contributed by atoms with van der Waals surface area (Å²) < 4.78 is 14.9. The Balaban J connectivity index is 1.40. The Bertz CT molecular complexity index is 1190. The molecule has 3 aromatic rings. The van der Waals surface area contributed by atoms with Crippen LogP contribution in [0.25, 0.3) is 10.9 Å². The first-order valence-corrected chi connectivity index (χ1v) is 10.3. The third-order valence-electron chi connectivity index (χ3n) is 5.72. The maximum atomic E-state index is 13.1. The molecule has 30 heavy (non-hydrogen) atoms. The molecule has 2 aromatic carbocycles. The molecule has 8 heteroatoms. The zero-order valence-corrected chi connectivity index (χ0v) is 17.1. The van der Waals surface area contributed by atoms with E-state index in [4.69, 9.17) is 12.2 Å². The van der Waals surface area contributed by atoms with Gasteiger partial charge in [-0.05, 0) is 74.5 Å². The highest BCUT2D eigenvalue weighted by atomic mass is 32.1. The van der Waals surface area contributed by atoms with Crippen LogP contribution < -0.4 is 5.56 Å². The van der Waals surface area contributed by atoms with Crippen molar-refractivity contribution in [3.8, 4) is 5.75 Å². The second-order valence-corrected chi connectivity index (χ2v) is 7.96. The number of aromatic nitrogens is 2. The van der Waals surface area contributed by atoms with E-state index in [0.29, 0.717) is 28.9 Å². The number of carbonyl (C=O) groups is 1. The van der Waals surface area contributed by atoms with E-state index in [1.807, 2.05) is 0 Å². The molecule has 1 fully saturated rings. The maximum Gasteiger partial charge on any atom is 0.265 e. The van der Waals surface area contributed by atoms with Gasteiger partial charge in [0.25, 0.3) is 5.56 Å². The predicted octanol–water partition coefficient (Wildman–Crippen LogP) is 3.50. The minimum absolute atomic E-state index is 0.0540. The van der Waals surface area contributed by atoms with E-state index in [0.717, 1.165) is 25.9 Å². The van der Waals surface area contributed by atoms with E-state index in [1.54, 1.807) is 12.1 Å². The molecule has 156 valence electrons. The Morgan fingerprint density at radius 3 is 2.53 bits per heavy atom. The quantitative estimate of drug-likeness (QED) is 0.481. The lowest BCUT2D eigenvalue weighted by atomic mass is 9.89. The van der Waals surface area contributed by atoms with Crippen molar-refractivity contribution >= 4 is 28.9 Å². The van der Waals surface area contributed by atoms with Crippen LogP contribution in [0, 0.1) is 16.5 Å². The molecule has 2 N–H and O–H groups in total. The van der Waals surface area contributed by atoms with Crippen LogP contribution >= 0.6 is 12.2 Å². The largest absolute Gasteiger partial charge is 0.507 e. The van der Waals surface area contributed by atoms with Gasteiger partial charge in [-0.3, -0.25) is 14.2 Å². The summed E-state index contributed by atoms with van der Waals surface area (Å²) in [6.45, 7) is 2.49. The maximum absolute atomic E-state index is 13.1. The number of Topliss-reactive ketones (excluding diaryl/α,β-unsaturated/α-hetero) is 1. The highest BCUT2D eigenvalue weighted by Gasteiger charge is 2.25. The van der Waals surface area contributed by atoms with Crippen molar-refractivity contribution in [3.05, 3.63) is 69.0 Å². The zero-order chi connectivity index (χ0) is 21.3. The van der Waals surface area contributed by atoms with Gasteiger partial charge in [-0.15, -0.1) is 0 Å². The molecule has 0 unspecified atom stereocenters. The molecule has 0 bridgehead atoms. The monoisotopic (exact) mass is 427 g/mol. The number of halogens is 1. The van der Waals surface area contributed by atoms with E-state index >= 15 is 0 Å². The number of carbonyl (C=O) groups excluding carboxylic acids is 1.